The molecule has 32 heavy (non-hydrogen) atoms. The molecule has 8 nitrogen and oxygen atoms in total. The van der Waals surface area contributed by atoms with Crippen LogP contribution >= 0.6 is 0 Å². The summed E-state index contributed by atoms with van der Waals surface area (Å²) in [5, 5.41) is 12.7. The zero-order chi connectivity index (χ0) is 22.4. The highest BCUT2D eigenvalue weighted by Crippen LogP contribution is 2.48. The molecule has 0 aliphatic carbocycles. The van der Waals surface area contributed by atoms with Gasteiger partial charge in [0.05, 0.1) is 22.3 Å². The molecule has 2 heterocycles. The monoisotopic (exact) mass is 429 g/mol. The Kier molecular flexibility index (Phi) is 4.71. The van der Waals surface area contributed by atoms with Gasteiger partial charge in [-0.3, -0.25) is 24.5 Å². The molecule has 0 saturated carbocycles. The number of hydrogen-bond acceptors (Lipinski definition) is 6. The van der Waals surface area contributed by atoms with Crippen molar-refractivity contribution >= 4 is 28.9 Å². The van der Waals surface area contributed by atoms with E-state index < -0.39 is 28.9 Å². The maximum Gasteiger partial charge on any atom is 0.269 e. The van der Waals surface area contributed by atoms with E-state index in [0.29, 0.717) is 16.9 Å². The smallest absolute Gasteiger partial charge is 0.269 e. The lowest BCUT2D eigenvalue weighted by molar-refractivity contribution is -0.384. The number of rotatable bonds is 4. The van der Waals surface area contributed by atoms with Crippen molar-refractivity contribution in [2.45, 2.75) is 19.1 Å². The lowest BCUT2D eigenvalue weighted by Crippen LogP contribution is -2.37. The van der Waals surface area contributed by atoms with Crippen molar-refractivity contribution in [2.75, 3.05) is 9.96 Å². The Hall–Kier alpha value is -4.04. The summed E-state index contributed by atoms with van der Waals surface area (Å²) in [4.78, 5) is 44.8. The molecule has 160 valence electrons. The van der Waals surface area contributed by atoms with Gasteiger partial charge < -0.3 is 0 Å². The molecule has 2 amide bonds. The second kappa shape index (κ2) is 7.58. The van der Waals surface area contributed by atoms with E-state index in [1.807, 2.05) is 49.4 Å². The van der Waals surface area contributed by atoms with Crippen molar-refractivity contribution in [1.29, 1.82) is 0 Å². The second-order valence-electron chi connectivity index (χ2n) is 7.80. The van der Waals surface area contributed by atoms with Gasteiger partial charge in [0, 0.05) is 12.1 Å². The highest BCUT2D eigenvalue weighted by atomic mass is 16.7. The summed E-state index contributed by atoms with van der Waals surface area (Å²) in [6, 6.07) is 21.8. The predicted molar refractivity (Wildman–Crippen MR) is 117 cm³/mol. The first kappa shape index (κ1) is 19.9. The Balaban J connectivity index is 1.59. The number of aryl methyl sites for hydroxylation is 1. The van der Waals surface area contributed by atoms with Crippen LogP contribution in [0.2, 0.25) is 0 Å². The molecule has 2 saturated heterocycles. The molecule has 0 radical (unpaired) electrons. The Bertz CT molecular complexity index is 1210. The zero-order valence-corrected chi connectivity index (χ0v) is 17.1. The number of hydrogen-bond donors (Lipinski definition) is 0. The number of nitro groups is 1. The van der Waals surface area contributed by atoms with Crippen LogP contribution in [0, 0.1) is 23.0 Å². The fraction of sp³-hybridized carbons (Fsp3) is 0.167. The van der Waals surface area contributed by atoms with Gasteiger partial charge >= 0.3 is 0 Å². The number of nitro benzene ring substituents is 1. The molecule has 0 N–H and O–H groups in total. The number of carbonyl (C=O) groups excluding carboxylic acids is 2. The highest BCUT2D eigenvalue weighted by molar-refractivity contribution is 6.24. The van der Waals surface area contributed by atoms with E-state index in [-0.39, 0.29) is 11.6 Å². The van der Waals surface area contributed by atoms with Crippen molar-refractivity contribution in [2.24, 2.45) is 5.92 Å². The minimum atomic E-state index is -0.984. The average Bonchev–Trinajstić information content (AvgIpc) is 3.31. The van der Waals surface area contributed by atoms with Crippen LogP contribution in [-0.2, 0) is 14.4 Å². The number of imide groups is 1. The van der Waals surface area contributed by atoms with Gasteiger partial charge in [0.25, 0.3) is 11.6 Å². The topological polar surface area (TPSA) is 93.0 Å². The van der Waals surface area contributed by atoms with Crippen molar-refractivity contribution in [3.63, 3.8) is 0 Å². The molecule has 0 aromatic heterocycles. The molecule has 3 atom stereocenters. The number of fused-ring (bicyclic) bond motifs is 1. The number of benzene rings is 3. The number of non-ortho nitro benzene ring substituents is 1. The Morgan fingerprint density at radius 3 is 2.19 bits per heavy atom. The normalized spacial score (nSPS) is 22.3. The van der Waals surface area contributed by atoms with E-state index in [1.165, 1.54) is 17.0 Å². The van der Waals surface area contributed by atoms with Gasteiger partial charge in [-0.15, -0.1) is 0 Å². The molecular formula is C24H19N3O5. The zero-order valence-electron chi connectivity index (χ0n) is 17.1. The van der Waals surface area contributed by atoms with Crippen LogP contribution in [0.25, 0.3) is 0 Å². The minimum Gasteiger partial charge on any atom is -0.273 e. The standard InChI is InChI=1S/C24H19N3O5/c1-15-7-5-6-10-19(15)25-23(28)20-21(16-11-13-18(14-12-16)27(30)31)26(32-22(20)24(25)29)17-8-3-2-4-9-17/h2-14,20-22H,1H3/t20-,21-,22+/m1/s1. The van der Waals surface area contributed by atoms with Gasteiger partial charge in [0.15, 0.2) is 6.10 Å². The number of para-hydroxylation sites is 2. The summed E-state index contributed by atoms with van der Waals surface area (Å²) in [5.74, 6) is -1.56. The third-order valence-electron chi connectivity index (χ3n) is 5.93. The van der Waals surface area contributed by atoms with E-state index in [0.717, 1.165) is 5.56 Å². The van der Waals surface area contributed by atoms with Crippen molar-refractivity contribution < 1.29 is 19.3 Å². The summed E-state index contributed by atoms with van der Waals surface area (Å²) < 4.78 is 0. The van der Waals surface area contributed by atoms with Gasteiger partial charge in [-0.25, -0.2) is 9.96 Å². The average molecular weight is 429 g/mol. The summed E-state index contributed by atoms with van der Waals surface area (Å²) in [6.45, 7) is 1.84. The SMILES string of the molecule is Cc1ccccc1N1C(=O)[C@H]2[C@H](ON(c3ccccc3)[C@@H]2c2ccc([N+](=O)[O-])cc2)C1=O. The van der Waals surface area contributed by atoms with Gasteiger partial charge in [-0.1, -0.05) is 48.5 Å². The molecule has 2 fully saturated rings. The number of hydroxylamine groups is 1. The van der Waals surface area contributed by atoms with E-state index in [2.05, 4.69) is 0 Å². The molecule has 2 aliphatic heterocycles. The van der Waals surface area contributed by atoms with Crippen LogP contribution in [0.3, 0.4) is 0 Å². The number of amides is 2. The lowest BCUT2D eigenvalue weighted by atomic mass is 9.90. The maximum absolute atomic E-state index is 13.6. The fourth-order valence-corrected chi connectivity index (χ4v) is 4.40. The molecule has 2 aliphatic rings. The van der Waals surface area contributed by atoms with Crippen LogP contribution < -0.4 is 9.96 Å². The van der Waals surface area contributed by atoms with Gasteiger partial charge in [0.2, 0.25) is 5.91 Å². The summed E-state index contributed by atoms with van der Waals surface area (Å²) in [5.41, 5.74) is 2.63. The second-order valence-corrected chi connectivity index (χ2v) is 7.80. The van der Waals surface area contributed by atoms with Crippen molar-refractivity contribution in [1.82, 2.24) is 0 Å². The molecule has 8 heteroatoms. The van der Waals surface area contributed by atoms with Gasteiger partial charge in [-0.05, 0) is 36.2 Å². The molecule has 5 rings (SSSR count). The van der Waals surface area contributed by atoms with Crippen molar-refractivity contribution in [3.05, 3.63) is 100 Å². The van der Waals surface area contributed by atoms with Crippen LogP contribution in [0.1, 0.15) is 17.2 Å². The first-order valence-corrected chi connectivity index (χ1v) is 10.2. The summed E-state index contributed by atoms with van der Waals surface area (Å²) in [6.07, 6.45) is -0.984. The molecule has 3 aromatic rings. The predicted octanol–water partition coefficient (Wildman–Crippen LogP) is 3.95. The Morgan fingerprint density at radius 1 is 0.875 bits per heavy atom. The third-order valence-corrected chi connectivity index (χ3v) is 5.93. The molecule has 3 aromatic carbocycles. The summed E-state index contributed by atoms with van der Waals surface area (Å²) in [7, 11) is 0. The van der Waals surface area contributed by atoms with Gasteiger partial charge in [-0.2, -0.15) is 0 Å². The molecule has 0 spiro atoms. The largest absolute Gasteiger partial charge is 0.273 e. The highest BCUT2D eigenvalue weighted by Gasteiger charge is 2.60. The number of nitrogens with zero attached hydrogens (tertiary/aromatic N) is 3. The van der Waals surface area contributed by atoms with E-state index in [9.17, 15) is 19.7 Å². The van der Waals surface area contributed by atoms with Crippen LogP contribution in [0.15, 0.2) is 78.9 Å². The fourth-order valence-electron chi connectivity index (χ4n) is 4.40. The molecule has 0 bridgehead atoms. The quantitative estimate of drug-likeness (QED) is 0.354. The van der Waals surface area contributed by atoms with E-state index in [4.69, 9.17) is 4.84 Å². The van der Waals surface area contributed by atoms with Crippen LogP contribution in [0.4, 0.5) is 17.1 Å². The lowest BCUT2D eigenvalue weighted by Gasteiger charge is -2.29. The molecular weight excluding hydrogens is 410 g/mol. The molecule has 0 unspecified atom stereocenters. The number of carbonyl (C=O) groups is 2. The minimum absolute atomic E-state index is 0.0501. The third kappa shape index (κ3) is 3.04. The van der Waals surface area contributed by atoms with Gasteiger partial charge in [0.1, 0.15) is 5.92 Å². The number of anilines is 2. The van der Waals surface area contributed by atoms with Crippen LogP contribution in [0.5, 0.6) is 0 Å². The first-order valence-electron chi connectivity index (χ1n) is 10.2. The maximum atomic E-state index is 13.6. The van der Waals surface area contributed by atoms with Crippen molar-refractivity contribution in [3.8, 4) is 0 Å². The Labute approximate surface area is 183 Å². The van der Waals surface area contributed by atoms with E-state index in [1.54, 1.807) is 29.3 Å². The Morgan fingerprint density at radius 2 is 1.53 bits per heavy atom. The van der Waals surface area contributed by atoms with E-state index >= 15 is 0 Å². The first-order chi connectivity index (χ1) is 15.5. The summed E-state index contributed by atoms with van der Waals surface area (Å²) >= 11 is 0. The van der Waals surface area contributed by atoms with Crippen LogP contribution in [-0.4, -0.2) is 22.8 Å².